The van der Waals surface area contributed by atoms with Gasteiger partial charge in [0.2, 0.25) is 0 Å². The molecule has 0 bridgehead atoms. The van der Waals surface area contributed by atoms with Crippen LogP contribution >= 0.6 is 0 Å². The van der Waals surface area contributed by atoms with Gasteiger partial charge in [-0.1, -0.05) is 44.6 Å². The molecule has 3 nitrogen and oxygen atoms in total. The van der Waals surface area contributed by atoms with E-state index in [1.165, 1.54) is 0 Å². The molecule has 19 heavy (non-hydrogen) atoms. The number of allylic oxidation sites excluding steroid dienone is 2. The summed E-state index contributed by atoms with van der Waals surface area (Å²) in [5.41, 5.74) is 1.66. The van der Waals surface area contributed by atoms with Crippen molar-refractivity contribution in [3.63, 3.8) is 0 Å². The first-order valence-corrected chi connectivity index (χ1v) is 7.66. The molecule has 3 heteroatoms. The van der Waals surface area contributed by atoms with Crippen LogP contribution in [0.2, 0.25) is 0 Å². The van der Waals surface area contributed by atoms with Crippen LogP contribution in [0.5, 0.6) is 0 Å². The van der Waals surface area contributed by atoms with E-state index in [0.29, 0.717) is 18.1 Å². The summed E-state index contributed by atoms with van der Waals surface area (Å²) in [6, 6.07) is 1.31. The monoisotopic (exact) mass is 265 g/mol. The molecule has 4 atom stereocenters. The van der Waals surface area contributed by atoms with Crippen LogP contribution in [0.4, 0.5) is 0 Å². The molecule has 0 saturated carbocycles. The lowest BCUT2D eigenvalue weighted by Gasteiger charge is -2.33. The summed E-state index contributed by atoms with van der Waals surface area (Å²) in [6.07, 6.45) is 2.40. The summed E-state index contributed by atoms with van der Waals surface area (Å²) in [5, 5.41) is 10.2. The Kier molecular flexibility index (Phi) is 5.57. The quantitative estimate of drug-likeness (QED) is 0.664. The highest BCUT2D eigenvalue weighted by molar-refractivity contribution is 5.21. The summed E-state index contributed by atoms with van der Waals surface area (Å²) < 4.78 is 0. The van der Waals surface area contributed by atoms with Gasteiger partial charge >= 0.3 is 0 Å². The van der Waals surface area contributed by atoms with Crippen LogP contribution in [-0.4, -0.2) is 23.1 Å². The van der Waals surface area contributed by atoms with Crippen molar-refractivity contribution < 1.29 is 0 Å². The van der Waals surface area contributed by atoms with Crippen molar-refractivity contribution in [2.45, 2.75) is 73.5 Å². The minimum absolute atomic E-state index is 0.363. The Hall–Kier alpha value is -0.860. The van der Waals surface area contributed by atoms with Crippen molar-refractivity contribution in [2.24, 2.45) is 28.1 Å². The van der Waals surface area contributed by atoms with Gasteiger partial charge in [-0.05, 0) is 45.4 Å². The molecule has 1 heterocycles. The standard InChI is InChI=1S/C9H16.C7H15N3/c1-6(2)9-5-7(3)8(9)4;1-5(2)10-7(4)6(3)8-9-10/h5-8H,1-4H3;5-7H,1-4H3. The molecule has 0 radical (unpaired) electrons. The second-order valence-corrected chi connectivity index (χ2v) is 6.63. The number of nitrogens with zero attached hydrogens (tertiary/aromatic N) is 3. The van der Waals surface area contributed by atoms with Crippen molar-refractivity contribution in [1.82, 2.24) is 5.01 Å². The van der Waals surface area contributed by atoms with Crippen LogP contribution in [-0.2, 0) is 0 Å². The second-order valence-electron chi connectivity index (χ2n) is 6.63. The van der Waals surface area contributed by atoms with Crippen LogP contribution in [0.25, 0.3) is 0 Å². The summed E-state index contributed by atoms with van der Waals surface area (Å²) in [7, 11) is 0. The smallest absolute Gasteiger partial charge is 0.0919 e. The zero-order valence-electron chi connectivity index (χ0n) is 13.9. The van der Waals surface area contributed by atoms with Gasteiger partial charge in [0, 0.05) is 6.04 Å². The largest absolute Gasteiger partial charge is 0.271 e. The first-order valence-electron chi connectivity index (χ1n) is 7.66. The summed E-state index contributed by atoms with van der Waals surface area (Å²) in [4.78, 5) is 0. The van der Waals surface area contributed by atoms with Crippen LogP contribution in [0.15, 0.2) is 22.0 Å². The molecule has 0 spiro atoms. The van der Waals surface area contributed by atoms with E-state index in [1.807, 2.05) is 5.01 Å². The molecule has 0 aromatic heterocycles. The Morgan fingerprint density at radius 3 is 1.79 bits per heavy atom. The van der Waals surface area contributed by atoms with Crippen LogP contribution in [0, 0.1) is 17.8 Å². The number of hydrogen-bond acceptors (Lipinski definition) is 3. The highest BCUT2D eigenvalue weighted by atomic mass is 15.6. The van der Waals surface area contributed by atoms with E-state index in [1.54, 1.807) is 5.57 Å². The second kappa shape index (κ2) is 6.53. The van der Waals surface area contributed by atoms with E-state index in [0.717, 1.165) is 17.8 Å². The van der Waals surface area contributed by atoms with E-state index in [9.17, 15) is 0 Å². The molecular formula is C16H31N3. The molecule has 110 valence electrons. The van der Waals surface area contributed by atoms with Crippen LogP contribution in [0.3, 0.4) is 0 Å². The van der Waals surface area contributed by atoms with Crippen molar-refractivity contribution in [2.75, 3.05) is 0 Å². The number of hydrogen-bond donors (Lipinski definition) is 0. The summed E-state index contributed by atoms with van der Waals surface area (Å²) in [5.74, 6) is 2.46. The van der Waals surface area contributed by atoms with Gasteiger partial charge in [0.05, 0.1) is 12.1 Å². The SMILES string of the molecule is CC(C)C1=CC(C)C1C.CC1N=NN(C(C)C)C1C. The van der Waals surface area contributed by atoms with E-state index in [4.69, 9.17) is 0 Å². The van der Waals surface area contributed by atoms with Gasteiger partial charge in [-0.3, -0.25) is 5.01 Å². The van der Waals surface area contributed by atoms with Gasteiger partial charge in [0.25, 0.3) is 0 Å². The van der Waals surface area contributed by atoms with Gasteiger partial charge in [0.15, 0.2) is 0 Å². The average Bonchev–Trinajstić information content (AvgIpc) is 2.67. The van der Waals surface area contributed by atoms with E-state index >= 15 is 0 Å². The third kappa shape index (κ3) is 3.80. The highest BCUT2D eigenvalue weighted by Gasteiger charge is 2.26. The Morgan fingerprint density at radius 1 is 1.05 bits per heavy atom. The maximum atomic E-state index is 4.07. The molecule has 4 unspecified atom stereocenters. The maximum Gasteiger partial charge on any atom is 0.0919 e. The first-order chi connectivity index (χ1) is 8.75. The molecule has 0 aromatic carbocycles. The van der Waals surface area contributed by atoms with Gasteiger partial charge < -0.3 is 0 Å². The fourth-order valence-electron chi connectivity index (χ4n) is 2.62. The summed E-state index contributed by atoms with van der Waals surface area (Å²) in [6.45, 7) is 17.7. The topological polar surface area (TPSA) is 28.0 Å². The molecule has 0 N–H and O–H groups in total. The van der Waals surface area contributed by atoms with Crippen molar-refractivity contribution >= 4 is 0 Å². The van der Waals surface area contributed by atoms with Gasteiger partial charge in [-0.2, -0.15) is 5.11 Å². The lowest BCUT2D eigenvalue weighted by molar-refractivity contribution is 0.188. The highest BCUT2D eigenvalue weighted by Crippen LogP contribution is 2.36. The van der Waals surface area contributed by atoms with Gasteiger partial charge in [-0.15, -0.1) is 0 Å². The van der Waals surface area contributed by atoms with E-state index in [-0.39, 0.29) is 0 Å². The zero-order valence-corrected chi connectivity index (χ0v) is 13.9. The van der Waals surface area contributed by atoms with Gasteiger partial charge in [0.1, 0.15) is 0 Å². The third-order valence-corrected chi connectivity index (χ3v) is 4.42. The minimum Gasteiger partial charge on any atom is -0.271 e. The Morgan fingerprint density at radius 2 is 1.63 bits per heavy atom. The van der Waals surface area contributed by atoms with Crippen molar-refractivity contribution in [3.8, 4) is 0 Å². The molecule has 1 aliphatic heterocycles. The Labute approximate surface area is 119 Å². The predicted octanol–water partition coefficient (Wildman–Crippen LogP) is 4.71. The van der Waals surface area contributed by atoms with Gasteiger partial charge in [-0.25, -0.2) is 0 Å². The zero-order chi connectivity index (χ0) is 14.7. The lowest BCUT2D eigenvalue weighted by Crippen LogP contribution is -2.35. The van der Waals surface area contributed by atoms with Crippen LogP contribution in [0.1, 0.15) is 55.4 Å². The normalized spacial score (nSPS) is 33.2. The molecular weight excluding hydrogens is 234 g/mol. The fraction of sp³-hybridized carbons (Fsp3) is 0.875. The lowest BCUT2D eigenvalue weighted by atomic mass is 9.72. The minimum atomic E-state index is 0.363. The van der Waals surface area contributed by atoms with Crippen molar-refractivity contribution in [1.29, 1.82) is 0 Å². The maximum absolute atomic E-state index is 4.07. The Balaban J connectivity index is 0.000000191. The molecule has 1 aliphatic carbocycles. The molecule has 0 aromatic rings. The molecule has 2 aliphatic rings. The van der Waals surface area contributed by atoms with Crippen LogP contribution < -0.4 is 0 Å². The number of rotatable bonds is 2. The van der Waals surface area contributed by atoms with E-state index in [2.05, 4.69) is 71.8 Å². The molecule has 0 amide bonds. The summed E-state index contributed by atoms with van der Waals surface area (Å²) >= 11 is 0. The Bertz CT molecular complexity index is 344. The third-order valence-electron chi connectivity index (χ3n) is 4.42. The van der Waals surface area contributed by atoms with Crippen molar-refractivity contribution in [3.05, 3.63) is 11.6 Å². The average molecular weight is 265 g/mol. The molecule has 2 rings (SSSR count). The molecule has 0 saturated heterocycles. The first kappa shape index (κ1) is 16.2. The fourth-order valence-corrected chi connectivity index (χ4v) is 2.62. The molecule has 0 fully saturated rings. The predicted molar refractivity (Wildman–Crippen MR) is 82.0 cm³/mol. The van der Waals surface area contributed by atoms with E-state index < -0.39 is 0 Å².